The summed E-state index contributed by atoms with van der Waals surface area (Å²) in [7, 11) is 0. The van der Waals surface area contributed by atoms with E-state index in [-0.39, 0.29) is 5.41 Å². The van der Waals surface area contributed by atoms with Crippen LogP contribution in [0.4, 0.5) is 17.1 Å². The molecule has 0 N–H and O–H groups in total. The predicted molar refractivity (Wildman–Crippen MR) is 275 cm³/mol. The number of aromatic nitrogens is 1. The summed E-state index contributed by atoms with van der Waals surface area (Å²) >= 11 is 0. The maximum Gasteiger partial charge on any atom is 0.0541 e. The van der Waals surface area contributed by atoms with Crippen LogP contribution in [0.15, 0.2) is 218 Å². The number of para-hydroxylation sites is 2. The van der Waals surface area contributed by atoms with Gasteiger partial charge in [-0.15, -0.1) is 0 Å². The monoisotopic (exact) mass is 846 g/mol. The van der Waals surface area contributed by atoms with Crippen molar-refractivity contribution in [3.05, 3.63) is 230 Å². The molecule has 2 nitrogen and oxygen atoms in total. The molecule has 10 aromatic rings. The first-order chi connectivity index (χ1) is 32.7. The number of hydrogen-bond acceptors (Lipinski definition) is 1. The van der Waals surface area contributed by atoms with Gasteiger partial charge in [-0.05, 0) is 172 Å². The Labute approximate surface area is 387 Å². The number of anilines is 3. The van der Waals surface area contributed by atoms with Gasteiger partial charge in [0.05, 0.1) is 11.0 Å². The summed E-state index contributed by atoms with van der Waals surface area (Å²) in [4.78, 5) is 2.40. The third-order valence-corrected chi connectivity index (χ3v) is 16.4. The zero-order valence-corrected chi connectivity index (χ0v) is 37.0. The van der Waals surface area contributed by atoms with Crippen LogP contribution in [0.25, 0.3) is 72.0 Å². The fourth-order valence-corrected chi connectivity index (χ4v) is 14.0. The van der Waals surface area contributed by atoms with E-state index in [1.54, 1.807) is 11.1 Å². The van der Waals surface area contributed by atoms with Crippen LogP contribution in [0, 0.1) is 23.7 Å². The van der Waals surface area contributed by atoms with E-state index in [1.165, 1.54) is 98.4 Å². The molecule has 0 saturated heterocycles. The quantitative estimate of drug-likeness (QED) is 0.155. The molecular weight excluding hydrogens is 797 g/mol. The highest BCUT2D eigenvalue weighted by Crippen LogP contribution is 2.70. The SMILES string of the molecule is c1ccc(-c2ccc(N(c3ccc(-c4ccccc4-c4cccc5c4C4(c6ccccc6-5)C5CC6CC(C5)CC4C6)cc3)c3ccc(-n4c5ccccc5c5ccccc54)cc3)cc2)cc1. The van der Waals surface area contributed by atoms with Crippen molar-refractivity contribution in [3.8, 4) is 50.2 Å². The summed E-state index contributed by atoms with van der Waals surface area (Å²) in [5.74, 6) is 3.25. The molecular formula is C64H50N2. The molecule has 1 spiro atoms. The minimum atomic E-state index is 0.0978. The molecule has 1 aromatic heterocycles. The Bertz CT molecular complexity index is 3390. The molecule has 0 atom stereocenters. The molecule has 5 aliphatic carbocycles. The molecule has 66 heavy (non-hydrogen) atoms. The number of benzene rings is 9. The van der Waals surface area contributed by atoms with E-state index in [0.717, 1.165) is 34.6 Å². The fraction of sp³-hybridized carbons (Fsp3) is 0.156. The lowest BCUT2D eigenvalue weighted by atomic mass is 9.42. The Hall–Kier alpha value is -7.42. The second-order valence-electron chi connectivity index (χ2n) is 19.7. The topological polar surface area (TPSA) is 8.17 Å². The summed E-state index contributed by atoms with van der Waals surface area (Å²) in [5.41, 5.74) is 20.9. The van der Waals surface area contributed by atoms with Crippen LogP contribution in [0.1, 0.15) is 43.2 Å². The van der Waals surface area contributed by atoms with E-state index in [0.29, 0.717) is 11.8 Å². The smallest absolute Gasteiger partial charge is 0.0541 e. The fourth-order valence-electron chi connectivity index (χ4n) is 14.0. The van der Waals surface area contributed by atoms with Gasteiger partial charge in [0.2, 0.25) is 0 Å². The number of nitrogens with zero attached hydrogens (tertiary/aromatic N) is 2. The molecule has 4 bridgehead atoms. The van der Waals surface area contributed by atoms with Gasteiger partial charge in [0.1, 0.15) is 0 Å². The first kappa shape index (κ1) is 37.9. The molecule has 4 fully saturated rings. The van der Waals surface area contributed by atoms with Gasteiger partial charge >= 0.3 is 0 Å². The van der Waals surface area contributed by atoms with Gasteiger partial charge in [-0.2, -0.15) is 0 Å². The predicted octanol–water partition coefficient (Wildman–Crippen LogP) is 17.0. The molecule has 2 heteroatoms. The first-order valence-corrected chi connectivity index (χ1v) is 24.2. The Morgan fingerprint density at radius 3 is 1.42 bits per heavy atom. The Morgan fingerprint density at radius 1 is 0.348 bits per heavy atom. The lowest BCUT2D eigenvalue weighted by molar-refractivity contribution is -0.0397. The molecule has 0 unspecified atom stereocenters. The van der Waals surface area contributed by atoms with Crippen molar-refractivity contribution in [1.29, 1.82) is 0 Å². The van der Waals surface area contributed by atoms with Crippen molar-refractivity contribution in [3.63, 3.8) is 0 Å². The average molecular weight is 847 g/mol. The zero-order valence-electron chi connectivity index (χ0n) is 37.0. The van der Waals surface area contributed by atoms with Gasteiger partial charge in [0, 0.05) is 38.9 Å². The van der Waals surface area contributed by atoms with Crippen molar-refractivity contribution in [2.24, 2.45) is 23.7 Å². The highest BCUT2D eigenvalue weighted by molar-refractivity contribution is 6.09. The van der Waals surface area contributed by atoms with Gasteiger partial charge in [-0.25, -0.2) is 0 Å². The van der Waals surface area contributed by atoms with Gasteiger partial charge in [0.25, 0.3) is 0 Å². The van der Waals surface area contributed by atoms with Crippen LogP contribution >= 0.6 is 0 Å². The summed E-state index contributed by atoms with van der Waals surface area (Å²) in [5, 5.41) is 2.54. The molecule has 4 saturated carbocycles. The zero-order chi connectivity index (χ0) is 43.3. The minimum Gasteiger partial charge on any atom is -0.311 e. The molecule has 0 radical (unpaired) electrons. The van der Waals surface area contributed by atoms with Crippen molar-refractivity contribution in [2.75, 3.05) is 4.90 Å². The minimum absolute atomic E-state index is 0.0978. The van der Waals surface area contributed by atoms with Crippen molar-refractivity contribution >= 4 is 38.9 Å². The second kappa shape index (κ2) is 14.8. The maximum absolute atomic E-state index is 2.50. The van der Waals surface area contributed by atoms with Crippen LogP contribution in [0.3, 0.4) is 0 Å². The third-order valence-electron chi connectivity index (χ3n) is 16.4. The largest absolute Gasteiger partial charge is 0.311 e. The molecule has 0 amide bonds. The highest BCUT2D eigenvalue weighted by Gasteiger charge is 2.62. The van der Waals surface area contributed by atoms with Crippen LogP contribution in [0.2, 0.25) is 0 Å². The summed E-state index contributed by atoms with van der Waals surface area (Å²) in [6, 6.07) is 81.6. The molecule has 9 aromatic carbocycles. The van der Waals surface area contributed by atoms with E-state index >= 15 is 0 Å². The van der Waals surface area contributed by atoms with Crippen LogP contribution in [-0.4, -0.2) is 4.57 Å². The standard InChI is InChI=1S/C64H50N2/c1-2-13-44(14-3-1)45-25-29-49(30-26-45)65(51-33-35-52(36-34-51)66-61-23-10-7-18-56(61)57-19-8-11-24-62(57)66)50-31-27-46(28-32-50)53-15-4-5-16-54(53)58-20-12-21-59-55-17-6-9-22-60(55)64(63(58)59)47-38-42-37-43(40-47)41-48(64)39-42/h1-36,42-43,47-48H,37-41H2. The van der Waals surface area contributed by atoms with Crippen molar-refractivity contribution < 1.29 is 0 Å². The van der Waals surface area contributed by atoms with E-state index in [1.807, 2.05) is 0 Å². The Morgan fingerprint density at radius 2 is 0.803 bits per heavy atom. The lowest BCUT2D eigenvalue weighted by Gasteiger charge is -2.61. The number of fused-ring (bicyclic) bond motifs is 6. The van der Waals surface area contributed by atoms with Crippen molar-refractivity contribution in [2.45, 2.75) is 37.5 Å². The average Bonchev–Trinajstić information content (AvgIpc) is 3.88. The first-order valence-electron chi connectivity index (χ1n) is 24.2. The Balaban J connectivity index is 0.872. The molecule has 15 rings (SSSR count). The van der Waals surface area contributed by atoms with Crippen LogP contribution in [-0.2, 0) is 5.41 Å². The molecule has 0 aliphatic heterocycles. The van der Waals surface area contributed by atoms with Gasteiger partial charge in [0.15, 0.2) is 0 Å². The lowest BCUT2D eigenvalue weighted by Crippen LogP contribution is -2.55. The number of hydrogen-bond donors (Lipinski definition) is 0. The van der Waals surface area contributed by atoms with E-state index < -0.39 is 0 Å². The van der Waals surface area contributed by atoms with Gasteiger partial charge < -0.3 is 9.47 Å². The molecule has 5 aliphatic rings. The van der Waals surface area contributed by atoms with E-state index in [2.05, 4.69) is 228 Å². The van der Waals surface area contributed by atoms with E-state index in [4.69, 9.17) is 0 Å². The van der Waals surface area contributed by atoms with Gasteiger partial charge in [-0.1, -0.05) is 158 Å². The van der Waals surface area contributed by atoms with Crippen LogP contribution in [0.5, 0.6) is 0 Å². The second-order valence-corrected chi connectivity index (χ2v) is 19.7. The summed E-state index contributed by atoms with van der Waals surface area (Å²) in [6.07, 6.45) is 6.99. The Kier molecular flexibility index (Phi) is 8.50. The third kappa shape index (κ3) is 5.61. The summed E-state index contributed by atoms with van der Waals surface area (Å²) in [6.45, 7) is 0. The normalized spacial score (nSPS) is 21.1. The van der Waals surface area contributed by atoms with E-state index in [9.17, 15) is 0 Å². The van der Waals surface area contributed by atoms with Crippen LogP contribution < -0.4 is 4.90 Å². The molecule has 1 heterocycles. The number of rotatable bonds is 7. The van der Waals surface area contributed by atoms with Crippen molar-refractivity contribution in [1.82, 2.24) is 4.57 Å². The maximum atomic E-state index is 2.50. The van der Waals surface area contributed by atoms with Gasteiger partial charge in [-0.3, -0.25) is 0 Å². The molecule has 316 valence electrons. The highest BCUT2D eigenvalue weighted by atomic mass is 15.1. The summed E-state index contributed by atoms with van der Waals surface area (Å²) < 4.78 is 2.39.